The minimum atomic E-state index is -1.01. The molecule has 0 aliphatic heterocycles. The lowest BCUT2D eigenvalue weighted by Crippen LogP contribution is -2.17. The number of aromatic nitrogens is 4. The maximum absolute atomic E-state index is 14.1. The Hall–Kier alpha value is -4.01. The standard InChI is InChI=1S/C19H15FN6O2/c20-12-6-2-1-4-10(12)8-11-5-3-7-13-15(11)16(26-25-13)18-23-9-14(17(21)24-18)28-19(22)27/h1-7,9H,8H2,(H2,22,27)(H,25,26)(H2,21,23,24). The van der Waals surface area contributed by atoms with Gasteiger partial charge in [0.25, 0.3) is 0 Å². The first-order valence-corrected chi connectivity index (χ1v) is 8.32. The van der Waals surface area contributed by atoms with Crippen molar-refractivity contribution in [3.8, 4) is 17.3 Å². The molecule has 140 valence electrons. The zero-order valence-electron chi connectivity index (χ0n) is 14.5. The van der Waals surface area contributed by atoms with E-state index in [4.69, 9.17) is 16.2 Å². The number of benzene rings is 2. The van der Waals surface area contributed by atoms with Crippen molar-refractivity contribution in [3.63, 3.8) is 0 Å². The van der Waals surface area contributed by atoms with Crippen molar-refractivity contribution < 1.29 is 13.9 Å². The molecule has 0 spiro atoms. The molecular formula is C19H15FN6O2. The molecule has 0 saturated carbocycles. The van der Waals surface area contributed by atoms with Crippen LogP contribution in [0.3, 0.4) is 0 Å². The van der Waals surface area contributed by atoms with E-state index in [9.17, 15) is 9.18 Å². The van der Waals surface area contributed by atoms with Gasteiger partial charge >= 0.3 is 6.09 Å². The highest BCUT2D eigenvalue weighted by Crippen LogP contribution is 2.30. The van der Waals surface area contributed by atoms with Crippen molar-refractivity contribution in [1.29, 1.82) is 0 Å². The fraction of sp³-hybridized carbons (Fsp3) is 0.0526. The second-order valence-corrected chi connectivity index (χ2v) is 6.04. The number of rotatable bonds is 4. The third-order valence-corrected chi connectivity index (χ3v) is 4.22. The van der Waals surface area contributed by atoms with Gasteiger partial charge in [0, 0.05) is 11.8 Å². The van der Waals surface area contributed by atoms with Gasteiger partial charge in [-0.1, -0.05) is 30.3 Å². The number of hydrogen-bond acceptors (Lipinski definition) is 6. The van der Waals surface area contributed by atoms with Gasteiger partial charge in [0.1, 0.15) is 11.5 Å². The normalized spacial score (nSPS) is 10.9. The number of nitrogens with two attached hydrogens (primary N) is 2. The fourth-order valence-corrected chi connectivity index (χ4v) is 2.99. The Bertz CT molecular complexity index is 1190. The van der Waals surface area contributed by atoms with Crippen LogP contribution in [0.4, 0.5) is 15.0 Å². The number of nitrogen functional groups attached to an aromatic ring is 1. The first-order chi connectivity index (χ1) is 13.5. The molecule has 0 atom stereocenters. The van der Waals surface area contributed by atoms with Gasteiger partial charge < -0.3 is 16.2 Å². The Morgan fingerprint density at radius 3 is 2.68 bits per heavy atom. The Morgan fingerprint density at radius 2 is 1.93 bits per heavy atom. The van der Waals surface area contributed by atoms with Gasteiger partial charge in [-0.15, -0.1) is 0 Å². The van der Waals surface area contributed by atoms with E-state index in [-0.39, 0.29) is 23.2 Å². The van der Waals surface area contributed by atoms with Gasteiger partial charge in [0.2, 0.25) is 0 Å². The van der Waals surface area contributed by atoms with Crippen LogP contribution in [0.2, 0.25) is 0 Å². The fourth-order valence-electron chi connectivity index (χ4n) is 2.99. The topological polar surface area (TPSA) is 133 Å². The van der Waals surface area contributed by atoms with Gasteiger partial charge in [0.05, 0.1) is 11.7 Å². The molecule has 0 bridgehead atoms. The van der Waals surface area contributed by atoms with Crippen LogP contribution in [0.15, 0.2) is 48.7 Å². The number of hydrogen-bond donors (Lipinski definition) is 3. The van der Waals surface area contributed by atoms with Crippen LogP contribution in [0, 0.1) is 5.82 Å². The van der Waals surface area contributed by atoms with Crippen molar-refractivity contribution in [2.75, 3.05) is 5.73 Å². The lowest BCUT2D eigenvalue weighted by atomic mass is 9.99. The van der Waals surface area contributed by atoms with Gasteiger partial charge in [0.15, 0.2) is 17.4 Å². The number of nitrogens with zero attached hydrogens (tertiary/aromatic N) is 3. The molecule has 4 aromatic rings. The molecule has 5 N–H and O–H groups in total. The van der Waals surface area contributed by atoms with Crippen LogP contribution >= 0.6 is 0 Å². The quantitative estimate of drug-likeness (QED) is 0.500. The number of amides is 1. The van der Waals surface area contributed by atoms with Crippen molar-refractivity contribution in [1.82, 2.24) is 20.2 Å². The molecule has 2 heterocycles. The third kappa shape index (κ3) is 3.20. The number of primary amides is 1. The van der Waals surface area contributed by atoms with Crippen LogP contribution in [-0.2, 0) is 6.42 Å². The van der Waals surface area contributed by atoms with E-state index < -0.39 is 6.09 Å². The van der Waals surface area contributed by atoms with Gasteiger partial charge in [-0.2, -0.15) is 5.10 Å². The van der Waals surface area contributed by atoms with E-state index in [2.05, 4.69) is 20.2 Å². The first kappa shape index (κ1) is 17.4. The third-order valence-electron chi connectivity index (χ3n) is 4.22. The second kappa shape index (κ2) is 6.95. The molecule has 4 rings (SSSR count). The SMILES string of the molecule is NC(=O)Oc1cnc(-c2n[nH]c3cccc(Cc4ccccc4F)c23)nc1N. The summed E-state index contributed by atoms with van der Waals surface area (Å²) in [5.74, 6) is -0.131. The van der Waals surface area contributed by atoms with E-state index in [1.54, 1.807) is 18.2 Å². The van der Waals surface area contributed by atoms with Crippen molar-refractivity contribution in [2.45, 2.75) is 6.42 Å². The van der Waals surface area contributed by atoms with Crippen LogP contribution < -0.4 is 16.2 Å². The van der Waals surface area contributed by atoms with Gasteiger partial charge in [-0.05, 0) is 23.3 Å². The molecular weight excluding hydrogens is 363 g/mol. The Morgan fingerprint density at radius 1 is 1.14 bits per heavy atom. The molecule has 0 aliphatic carbocycles. The number of fused-ring (bicyclic) bond motifs is 1. The van der Waals surface area contributed by atoms with Gasteiger partial charge in [-0.25, -0.2) is 19.2 Å². The van der Waals surface area contributed by atoms with Gasteiger partial charge in [-0.3, -0.25) is 5.10 Å². The smallest absolute Gasteiger partial charge is 0.405 e. The zero-order chi connectivity index (χ0) is 19.7. The number of H-pyrrole nitrogens is 1. The number of halogens is 1. The minimum Gasteiger partial charge on any atom is -0.405 e. The highest BCUT2D eigenvalue weighted by Gasteiger charge is 2.17. The van der Waals surface area contributed by atoms with E-state index in [1.807, 2.05) is 18.2 Å². The molecule has 2 aromatic carbocycles. The monoisotopic (exact) mass is 378 g/mol. The summed E-state index contributed by atoms with van der Waals surface area (Å²) in [5.41, 5.74) is 13.4. The average molecular weight is 378 g/mol. The highest BCUT2D eigenvalue weighted by molar-refractivity contribution is 5.94. The molecule has 0 radical (unpaired) electrons. The van der Waals surface area contributed by atoms with Crippen LogP contribution in [-0.4, -0.2) is 26.3 Å². The number of anilines is 1. The molecule has 0 fully saturated rings. The maximum Gasteiger partial charge on any atom is 0.410 e. The minimum absolute atomic E-state index is 0.0392. The summed E-state index contributed by atoms with van der Waals surface area (Å²) in [7, 11) is 0. The zero-order valence-corrected chi connectivity index (χ0v) is 14.5. The van der Waals surface area contributed by atoms with E-state index in [0.717, 1.165) is 16.5 Å². The van der Waals surface area contributed by atoms with Crippen molar-refractivity contribution >= 4 is 22.8 Å². The first-order valence-electron chi connectivity index (χ1n) is 8.32. The lowest BCUT2D eigenvalue weighted by molar-refractivity contribution is 0.211. The Balaban J connectivity index is 1.80. The van der Waals surface area contributed by atoms with Crippen LogP contribution in [0.5, 0.6) is 5.75 Å². The molecule has 9 heteroatoms. The molecule has 0 unspecified atom stereocenters. The molecule has 1 amide bonds. The molecule has 2 aromatic heterocycles. The highest BCUT2D eigenvalue weighted by atomic mass is 19.1. The number of carbonyl (C=O) groups is 1. The van der Waals surface area contributed by atoms with E-state index in [1.165, 1.54) is 12.3 Å². The summed E-state index contributed by atoms with van der Waals surface area (Å²) in [6.45, 7) is 0. The van der Waals surface area contributed by atoms with E-state index in [0.29, 0.717) is 17.7 Å². The maximum atomic E-state index is 14.1. The number of aromatic amines is 1. The number of ether oxygens (including phenoxy) is 1. The average Bonchev–Trinajstić information content (AvgIpc) is 3.10. The largest absolute Gasteiger partial charge is 0.410 e. The summed E-state index contributed by atoms with van der Waals surface area (Å²) in [6.07, 6.45) is 0.609. The Kier molecular flexibility index (Phi) is 4.32. The van der Waals surface area contributed by atoms with Crippen LogP contribution in [0.25, 0.3) is 22.4 Å². The molecule has 8 nitrogen and oxygen atoms in total. The summed E-state index contributed by atoms with van der Waals surface area (Å²) < 4.78 is 18.8. The number of carbonyl (C=O) groups excluding carboxylic acids is 1. The lowest BCUT2D eigenvalue weighted by Gasteiger charge is -2.07. The summed E-state index contributed by atoms with van der Waals surface area (Å²) in [4.78, 5) is 19.2. The van der Waals surface area contributed by atoms with Crippen molar-refractivity contribution in [2.24, 2.45) is 5.73 Å². The summed E-state index contributed by atoms with van der Waals surface area (Å²) >= 11 is 0. The predicted octanol–water partition coefficient (Wildman–Crippen LogP) is 2.79. The summed E-state index contributed by atoms with van der Waals surface area (Å²) in [5, 5.41) is 7.97. The van der Waals surface area contributed by atoms with E-state index >= 15 is 0 Å². The second-order valence-electron chi connectivity index (χ2n) is 6.04. The molecule has 28 heavy (non-hydrogen) atoms. The molecule has 0 saturated heterocycles. The summed E-state index contributed by atoms with van der Waals surface area (Å²) in [6, 6.07) is 12.2. The number of nitrogens with one attached hydrogen (secondary N) is 1. The molecule has 0 aliphatic rings. The van der Waals surface area contributed by atoms with Crippen molar-refractivity contribution in [3.05, 3.63) is 65.6 Å². The predicted molar refractivity (Wildman–Crippen MR) is 101 cm³/mol. The Labute approximate surface area is 158 Å². The van der Waals surface area contributed by atoms with Crippen LogP contribution in [0.1, 0.15) is 11.1 Å².